The molecule has 142 valence electrons. The van der Waals surface area contributed by atoms with Gasteiger partial charge in [0.2, 0.25) is 0 Å². The molecule has 26 heavy (non-hydrogen) atoms. The average molecular weight is 364 g/mol. The van der Waals surface area contributed by atoms with Gasteiger partial charge in [-0.1, -0.05) is 6.07 Å². The molecule has 0 spiro atoms. The van der Waals surface area contributed by atoms with Gasteiger partial charge in [-0.25, -0.2) is 5.48 Å². The number of methoxy groups -OCH3 is 1. The highest BCUT2D eigenvalue weighted by Gasteiger charge is 2.44. The third-order valence-corrected chi connectivity index (χ3v) is 5.13. The van der Waals surface area contributed by atoms with Crippen LogP contribution in [0.25, 0.3) is 0 Å². The van der Waals surface area contributed by atoms with E-state index < -0.39 is 11.5 Å². The highest BCUT2D eigenvalue weighted by Crippen LogP contribution is 2.32. The fraction of sp³-hybridized carbons (Fsp3) is 0.556. The maximum atomic E-state index is 13.3. The number of carbonyl (C=O) groups is 2. The predicted molar refractivity (Wildman–Crippen MR) is 91.0 cm³/mol. The number of hydroxylamine groups is 1. The summed E-state index contributed by atoms with van der Waals surface area (Å²) in [5, 5.41) is 8.79. The lowest BCUT2D eigenvalue weighted by atomic mass is 9.91. The van der Waals surface area contributed by atoms with Crippen LogP contribution in [0.3, 0.4) is 0 Å². The molecule has 0 saturated carbocycles. The number of benzene rings is 1. The van der Waals surface area contributed by atoms with Gasteiger partial charge in [-0.15, -0.1) is 0 Å². The first-order valence-corrected chi connectivity index (χ1v) is 8.65. The highest BCUT2D eigenvalue weighted by atomic mass is 16.5. The van der Waals surface area contributed by atoms with Crippen LogP contribution in [0, 0.1) is 0 Å². The molecule has 8 heteroatoms. The number of nitrogens with one attached hydrogen (secondary N) is 1. The van der Waals surface area contributed by atoms with Crippen molar-refractivity contribution in [3.63, 3.8) is 0 Å². The summed E-state index contributed by atoms with van der Waals surface area (Å²) in [5.74, 6) is -0.140. The molecule has 0 bridgehead atoms. The van der Waals surface area contributed by atoms with Crippen molar-refractivity contribution in [2.24, 2.45) is 0 Å². The number of hydrogen-bond donors (Lipinski definition) is 2. The molecular weight excluding hydrogens is 340 g/mol. The Morgan fingerprint density at radius 2 is 2.08 bits per heavy atom. The van der Waals surface area contributed by atoms with Crippen LogP contribution in [0.2, 0.25) is 0 Å². The van der Waals surface area contributed by atoms with Crippen molar-refractivity contribution in [3.05, 3.63) is 29.3 Å². The van der Waals surface area contributed by atoms with Gasteiger partial charge >= 0.3 is 0 Å². The van der Waals surface area contributed by atoms with Gasteiger partial charge in [-0.2, -0.15) is 0 Å². The topological polar surface area (TPSA) is 97.3 Å². The maximum absolute atomic E-state index is 13.3. The van der Waals surface area contributed by atoms with Gasteiger partial charge < -0.3 is 19.1 Å². The lowest BCUT2D eigenvalue weighted by Gasteiger charge is -2.39. The Morgan fingerprint density at radius 3 is 2.73 bits per heavy atom. The van der Waals surface area contributed by atoms with Gasteiger partial charge in [0.25, 0.3) is 11.8 Å². The molecular formula is C18H24N2O6. The zero-order valence-electron chi connectivity index (χ0n) is 15.0. The molecule has 2 aliphatic rings. The van der Waals surface area contributed by atoms with Crippen LogP contribution in [0.5, 0.6) is 5.75 Å². The fourth-order valence-electron chi connectivity index (χ4n) is 3.41. The number of ether oxygens (including phenoxy) is 3. The molecule has 0 radical (unpaired) electrons. The van der Waals surface area contributed by atoms with E-state index in [1.807, 2.05) is 6.92 Å². The summed E-state index contributed by atoms with van der Waals surface area (Å²) in [5.41, 5.74) is 1.83. The van der Waals surface area contributed by atoms with Gasteiger partial charge in [0, 0.05) is 50.8 Å². The summed E-state index contributed by atoms with van der Waals surface area (Å²) in [7, 11) is 1.57. The van der Waals surface area contributed by atoms with E-state index in [9.17, 15) is 9.59 Å². The molecule has 2 heterocycles. The summed E-state index contributed by atoms with van der Waals surface area (Å²) < 4.78 is 16.8. The Labute approximate surface area is 152 Å². The van der Waals surface area contributed by atoms with E-state index in [4.69, 9.17) is 19.4 Å². The minimum Gasteiger partial charge on any atom is -0.491 e. The largest absolute Gasteiger partial charge is 0.491 e. The van der Waals surface area contributed by atoms with Crippen molar-refractivity contribution in [2.45, 2.75) is 38.0 Å². The van der Waals surface area contributed by atoms with Gasteiger partial charge in [-0.05, 0) is 19.1 Å². The molecule has 0 aliphatic carbocycles. The monoisotopic (exact) mass is 364 g/mol. The standard InChI is InChI=1S/C18H24N2O6/c1-12-11-26-15-9-13(16(21)19-23)3-4-14(15)10-20(12)17(22)18(24-2)5-7-25-8-6-18/h3-4,9,12,23H,5-8,10-11H2,1-2H3,(H,19,21). The van der Waals surface area contributed by atoms with Crippen molar-refractivity contribution in [1.29, 1.82) is 0 Å². The minimum atomic E-state index is -0.867. The Balaban J connectivity index is 1.87. The Kier molecular flexibility index (Phi) is 5.45. The van der Waals surface area contributed by atoms with Gasteiger partial charge in [0.05, 0.1) is 6.04 Å². The molecule has 1 unspecified atom stereocenters. The SMILES string of the molecule is COC1(C(=O)N2Cc3ccc(C(=O)NO)cc3OCC2C)CCOCC1. The molecule has 1 atom stereocenters. The second kappa shape index (κ2) is 7.61. The third-order valence-electron chi connectivity index (χ3n) is 5.13. The van der Waals surface area contributed by atoms with E-state index in [-0.39, 0.29) is 17.5 Å². The second-order valence-electron chi connectivity index (χ2n) is 6.67. The zero-order valence-corrected chi connectivity index (χ0v) is 15.0. The quantitative estimate of drug-likeness (QED) is 0.616. The van der Waals surface area contributed by atoms with Crippen LogP contribution in [0.15, 0.2) is 18.2 Å². The Bertz CT molecular complexity index is 686. The van der Waals surface area contributed by atoms with Gasteiger partial charge in [0.1, 0.15) is 12.4 Å². The van der Waals surface area contributed by atoms with Gasteiger partial charge in [0.15, 0.2) is 5.60 Å². The summed E-state index contributed by atoms with van der Waals surface area (Å²) in [4.78, 5) is 26.7. The summed E-state index contributed by atoms with van der Waals surface area (Å²) in [6, 6.07) is 4.75. The minimum absolute atomic E-state index is 0.0653. The van der Waals surface area contributed by atoms with Crippen LogP contribution >= 0.6 is 0 Å². The van der Waals surface area contributed by atoms with E-state index >= 15 is 0 Å². The molecule has 3 rings (SSSR count). The summed E-state index contributed by atoms with van der Waals surface area (Å²) >= 11 is 0. The second-order valence-corrected chi connectivity index (χ2v) is 6.67. The van der Waals surface area contributed by atoms with Crippen molar-refractivity contribution < 1.29 is 29.0 Å². The lowest BCUT2D eigenvalue weighted by Crippen LogP contribution is -2.55. The molecule has 2 amide bonds. The molecule has 2 N–H and O–H groups in total. The van der Waals surface area contributed by atoms with Crippen LogP contribution in [-0.2, 0) is 20.8 Å². The van der Waals surface area contributed by atoms with E-state index in [1.54, 1.807) is 35.7 Å². The van der Waals surface area contributed by atoms with Crippen molar-refractivity contribution in [2.75, 3.05) is 26.9 Å². The summed E-state index contributed by atoms with van der Waals surface area (Å²) in [6.45, 7) is 3.58. The van der Waals surface area contributed by atoms with E-state index in [1.165, 1.54) is 0 Å². The average Bonchev–Trinajstić information content (AvgIpc) is 2.85. The molecule has 1 aromatic rings. The Hall–Kier alpha value is -2.16. The van der Waals surface area contributed by atoms with Crippen molar-refractivity contribution in [3.8, 4) is 5.75 Å². The number of hydrogen-bond acceptors (Lipinski definition) is 6. The van der Waals surface area contributed by atoms with E-state index in [2.05, 4.69) is 0 Å². The lowest BCUT2D eigenvalue weighted by molar-refractivity contribution is -0.169. The molecule has 0 aromatic heterocycles. The number of rotatable bonds is 3. The number of nitrogens with zero attached hydrogens (tertiary/aromatic N) is 1. The molecule has 2 aliphatic heterocycles. The van der Waals surface area contributed by atoms with Crippen LogP contribution < -0.4 is 10.2 Å². The van der Waals surface area contributed by atoms with Crippen LogP contribution in [0.4, 0.5) is 0 Å². The van der Waals surface area contributed by atoms with Gasteiger partial charge in [-0.3, -0.25) is 14.8 Å². The van der Waals surface area contributed by atoms with Crippen molar-refractivity contribution >= 4 is 11.8 Å². The number of amides is 2. The number of fused-ring (bicyclic) bond motifs is 1. The van der Waals surface area contributed by atoms with Crippen molar-refractivity contribution in [1.82, 2.24) is 10.4 Å². The maximum Gasteiger partial charge on any atom is 0.274 e. The molecule has 8 nitrogen and oxygen atoms in total. The first kappa shape index (κ1) is 18.6. The number of carbonyl (C=O) groups excluding carboxylic acids is 2. The Morgan fingerprint density at radius 1 is 1.35 bits per heavy atom. The predicted octanol–water partition coefficient (Wildman–Crippen LogP) is 1.11. The molecule has 1 fully saturated rings. The smallest absolute Gasteiger partial charge is 0.274 e. The summed E-state index contributed by atoms with van der Waals surface area (Å²) in [6.07, 6.45) is 1.05. The third kappa shape index (κ3) is 3.40. The van der Waals surface area contributed by atoms with Crippen LogP contribution in [-0.4, -0.2) is 60.5 Å². The normalized spacial score (nSPS) is 22.0. The zero-order chi connectivity index (χ0) is 18.7. The first-order chi connectivity index (χ1) is 12.5. The van der Waals surface area contributed by atoms with E-state index in [0.29, 0.717) is 45.0 Å². The molecule has 1 aromatic carbocycles. The highest BCUT2D eigenvalue weighted by molar-refractivity contribution is 5.94. The molecule has 1 saturated heterocycles. The van der Waals surface area contributed by atoms with Crippen LogP contribution in [0.1, 0.15) is 35.7 Å². The first-order valence-electron chi connectivity index (χ1n) is 8.65. The fourth-order valence-corrected chi connectivity index (χ4v) is 3.41. The van der Waals surface area contributed by atoms with E-state index in [0.717, 1.165) is 5.56 Å².